The Balaban J connectivity index is 2.71. The second kappa shape index (κ2) is 9.22. The van der Waals surface area contributed by atoms with E-state index in [1.807, 2.05) is 6.07 Å². The third kappa shape index (κ3) is 5.62. The molecule has 5 nitrogen and oxygen atoms in total. The molecule has 0 aliphatic carbocycles. The Hall–Kier alpha value is -1.77. The maximum absolute atomic E-state index is 12.2. The molecule has 2 N–H and O–H groups in total. The van der Waals surface area contributed by atoms with E-state index in [1.54, 1.807) is 23.1 Å². The molecule has 1 aromatic carbocycles. The highest BCUT2D eigenvalue weighted by Gasteiger charge is 2.13. The number of nitriles is 1. The van der Waals surface area contributed by atoms with Crippen LogP contribution < -0.4 is 5.32 Å². The van der Waals surface area contributed by atoms with E-state index in [2.05, 4.69) is 12.2 Å². The van der Waals surface area contributed by atoms with E-state index in [1.165, 1.54) is 0 Å². The Kier molecular flexibility index (Phi) is 7.59. The van der Waals surface area contributed by atoms with Crippen molar-refractivity contribution in [1.29, 1.82) is 5.26 Å². The molecule has 6 heteroatoms. The van der Waals surface area contributed by atoms with Crippen molar-refractivity contribution in [1.82, 2.24) is 4.90 Å². The van der Waals surface area contributed by atoms with E-state index in [-0.39, 0.29) is 12.6 Å². The van der Waals surface area contributed by atoms with Crippen molar-refractivity contribution in [3.63, 3.8) is 0 Å². The van der Waals surface area contributed by atoms with Gasteiger partial charge in [0.15, 0.2) is 0 Å². The van der Waals surface area contributed by atoms with Gasteiger partial charge < -0.3 is 15.3 Å². The van der Waals surface area contributed by atoms with E-state index in [0.717, 1.165) is 12.8 Å². The minimum atomic E-state index is -0.224. The highest BCUT2D eigenvalue weighted by molar-refractivity contribution is 6.32. The van der Waals surface area contributed by atoms with Crippen molar-refractivity contribution in [2.24, 2.45) is 0 Å². The second-order valence-corrected chi connectivity index (χ2v) is 5.06. The number of urea groups is 1. The van der Waals surface area contributed by atoms with Crippen LogP contribution in [0.5, 0.6) is 0 Å². The van der Waals surface area contributed by atoms with Gasteiger partial charge in [-0.05, 0) is 31.0 Å². The predicted octanol–water partition coefficient (Wildman–Crippen LogP) is 3.23. The Bertz CT molecular complexity index is 506. The number of amides is 2. The SMILES string of the molecule is CCCCN(CCCO)C(=O)Nc1ccc(C#N)c(Cl)c1. The lowest BCUT2D eigenvalue weighted by Gasteiger charge is -2.22. The van der Waals surface area contributed by atoms with Crippen molar-refractivity contribution in [2.45, 2.75) is 26.2 Å². The van der Waals surface area contributed by atoms with E-state index < -0.39 is 0 Å². The molecule has 0 radical (unpaired) electrons. The molecule has 0 saturated carbocycles. The molecule has 21 heavy (non-hydrogen) atoms. The normalized spacial score (nSPS) is 10.0. The topological polar surface area (TPSA) is 76.4 Å². The number of nitrogens with zero attached hydrogens (tertiary/aromatic N) is 2. The number of benzene rings is 1. The van der Waals surface area contributed by atoms with Crippen LogP contribution in [0.15, 0.2) is 18.2 Å². The molecule has 114 valence electrons. The molecule has 1 aromatic rings. The van der Waals surface area contributed by atoms with Crippen molar-refractivity contribution in [3.8, 4) is 6.07 Å². The van der Waals surface area contributed by atoms with Crippen molar-refractivity contribution >= 4 is 23.3 Å². The lowest BCUT2D eigenvalue weighted by atomic mass is 10.2. The third-order valence-electron chi connectivity index (χ3n) is 3.00. The molecular formula is C15H20ClN3O2. The molecule has 0 aromatic heterocycles. The first-order valence-corrected chi connectivity index (χ1v) is 7.36. The summed E-state index contributed by atoms with van der Waals surface area (Å²) in [6, 6.07) is 6.52. The maximum atomic E-state index is 12.2. The molecule has 0 bridgehead atoms. The van der Waals surface area contributed by atoms with Gasteiger partial charge in [-0.1, -0.05) is 24.9 Å². The number of rotatable bonds is 7. The number of anilines is 1. The molecule has 0 aliphatic heterocycles. The molecule has 0 spiro atoms. The fraction of sp³-hybridized carbons (Fsp3) is 0.467. The zero-order valence-electron chi connectivity index (χ0n) is 12.1. The fourth-order valence-corrected chi connectivity index (χ4v) is 2.03. The van der Waals surface area contributed by atoms with E-state index in [4.69, 9.17) is 22.0 Å². The summed E-state index contributed by atoms with van der Waals surface area (Å²) in [5.41, 5.74) is 0.923. The molecule has 0 atom stereocenters. The quantitative estimate of drug-likeness (QED) is 0.812. The van der Waals surface area contributed by atoms with Gasteiger partial charge in [0.2, 0.25) is 0 Å². The number of carbonyl (C=O) groups excluding carboxylic acids is 1. The monoisotopic (exact) mass is 309 g/mol. The van der Waals surface area contributed by atoms with Crippen LogP contribution in [0.1, 0.15) is 31.7 Å². The first-order chi connectivity index (χ1) is 10.1. The van der Waals surface area contributed by atoms with Crippen molar-refractivity contribution in [2.75, 3.05) is 25.0 Å². The zero-order valence-corrected chi connectivity index (χ0v) is 12.9. The van der Waals surface area contributed by atoms with Crippen LogP contribution in [0.3, 0.4) is 0 Å². The number of aliphatic hydroxyl groups is 1. The van der Waals surface area contributed by atoms with Gasteiger partial charge in [-0.15, -0.1) is 0 Å². The number of halogens is 1. The van der Waals surface area contributed by atoms with Gasteiger partial charge in [0.25, 0.3) is 0 Å². The highest BCUT2D eigenvalue weighted by atomic mass is 35.5. The Morgan fingerprint density at radius 1 is 1.43 bits per heavy atom. The molecule has 0 fully saturated rings. The van der Waals surface area contributed by atoms with Crippen molar-refractivity contribution in [3.05, 3.63) is 28.8 Å². The largest absolute Gasteiger partial charge is 0.396 e. The van der Waals surface area contributed by atoms with Gasteiger partial charge in [-0.2, -0.15) is 5.26 Å². The Labute approximate surface area is 130 Å². The van der Waals surface area contributed by atoms with E-state index in [0.29, 0.717) is 35.8 Å². The zero-order chi connectivity index (χ0) is 15.7. The minimum Gasteiger partial charge on any atom is -0.396 e. The van der Waals surface area contributed by atoms with E-state index in [9.17, 15) is 4.79 Å². The number of unbranched alkanes of at least 4 members (excludes halogenated alkanes) is 1. The molecule has 2 amide bonds. The summed E-state index contributed by atoms with van der Waals surface area (Å²) in [4.78, 5) is 13.9. The predicted molar refractivity (Wildman–Crippen MR) is 83.4 cm³/mol. The number of aliphatic hydroxyl groups excluding tert-OH is 1. The van der Waals surface area contributed by atoms with Gasteiger partial charge in [0.1, 0.15) is 6.07 Å². The average Bonchev–Trinajstić information content (AvgIpc) is 2.47. The molecule has 0 saturated heterocycles. The van der Waals surface area contributed by atoms with Crippen LogP contribution >= 0.6 is 11.6 Å². The van der Waals surface area contributed by atoms with Crippen LogP contribution in [-0.4, -0.2) is 35.7 Å². The summed E-state index contributed by atoms with van der Waals surface area (Å²) in [6.07, 6.45) is 2.45. The molecule has 1 rings (SSSR count). The number of nitrogens with one attached hydrogen (secondary N) is 1. The van der Waals surface area contributed by atoms with Gasteiger partial charge in [-0.3, -0.25) is 0 Å². The van der Waals surface area contributed by atoms with Gasteiger partial charge >= 0.3 is 6.03 Å². The summed E-state index contributed by atoms with van der Waals surface area (Å²) in [5, 5.41) is 20.8. The first kappa shape index (κ1) is 17.3. The standard InChI is InChI=1S/C15H20ClN3O2/c1-2-3-7-19(8-4-9-20)15(21)18-13-6-5-12(11-17)14(16)10-13/h5-6,10,20H,2-4,7-9H2,1H3,(H,18,21). The summed E-state index contributed by atoms with van der Waals surface area (Å²) in [6.45, 7) is 3.26. The molecule has 0 aliphatic rings. The van der Waals surface area contributed by atoms with Gasteiger partial charge in [-0.25, -0.2) is 4.79 Å². The van der Waals surface area contributed by atoms with Crippen LogP contribution in [0, 0.1) is 11.3 Å². The lowest BCUT2D eigenvalue weighted by molar-refractivity contribution is 0.201. The molecule has 0 heterocycles. The average molecular weight is 310 g/mol. The van der Waals surface area contributed by atoms with Crippen LogP contribution in [0.4, 0.5) is 10.5 Å². The summed E-state index contributed by atoms with van der Waals surface area (Å²) in [5.74, 6) is 0. The maximum Gasteiger partial charge on any atom is 0.321 e. The minimum absolute atomic E-state index is 0.0542. The summed E-state index contributed by atoms with van der Waals surface area (Å²) >= 11 is 5.94. The smallest absolute Gasteiger partial charge is 0.321 e. The number of carbonyl (C=O) groups is 1. The van der Waals surface area contributed by atoms with Crippen molar-refractivity contribution < 1.29 is 9.90 Å². The van der Waals surface area contributed by atoms with Gasteiger partial charge in [0, 0.05) is 25.4 Å². The lowest BCUT2D eigenvalue weighted by Crippen LogP contribution is -2.36. The summed E-state index contributed by atoms with van der Waals surface area (Å²) in [7, 11) is 0. The Morgan fingerprint density at radius 3 is 2.71 bits per heavy atom. The summed E-state index contributed by atoms with van der Waals surface area (Å²) < 4.78 is 0. The van der Waals surface area contributed by atoms with Crippen LogP contribution in [-0.2, 0) is 0 Å². The van der Waals surface area contributed by atoms with Crippen LogP contribution in [0.2, 0.25) is 5.02 Å². The fourth-order valence-electron chi connectivity index (χ4n) is 1.81. The van der Waals surface area contributed by atoms with Crippen LogP contribution in [0.25, 0.3) is 0 Å². The highest BCUT2D eigenvalue weighted by Crippen LogP contribution is 2.20. The van der Waals surface area contributed by atoms with E-state index >= 15 is 0 Å². The first-order valence-electron chi connectivity index (χ1n) is 6.98. The third-order valence-corrected chi connectivity index (χ3v) is 3.31. The van der Waals surface area contributed by atoms with Gasteiger partial charge in [0.05, 0.1) is 10.6 Å². The number of hydrogen-bond donors (Lipinski definition) is 2. The Morgan fingerprint density at radius 2 is 2.14 bits per heavy atom. The second-order valence-electron chi connectivity index (χ2n) is 4.65. The number of hydrogen-bond acceptors (Lipinski definition) is 3. The molecular weight excluding hydrogens is 290 g/mol. The molecule has 0 unspecified atom stereocenters.